The van der Waals surface area contributed by atoms with Crippen LogP contribution >= 0.6 is 11.8 Å². The summed E-state index contributed by atoms with van der Waals surface area (Å²) in [5, 5.41) is 4.51. The van der Waals surface area contributed by atoms with E-state index in [1.54, 1.807) is 6.07 Å². The zero-order chi connectivity index (χ0) is 14.7. The number of nitrogens with two attached hydrogens (primary N) is 1. The molecule has 3 rings (SSSR count). The first-order chi connectivity index (χ1) is 10.2. The number of anilines is 1. The number of hydrogen-bond donors (Lipinski definition) is 1. The second kappa shape index (κ2) is 6.01. The van der Waals surface area contributed by atoms with E-state index >= 15 is 0 Å². The molecular weight excluding hydrogens is 285 g/mol. The van der Waals surface area contributed by atoms with Gasteiger partial charge in [-0.15, -0.1) is 11.8 Å². The first-order valence-corrected chi connectivity index (χ1v) is 7.49. The number of benzene rings is 2. The van der Waals surface area contributed by atoms with Gasteiger partial charge in [-0.25, -0.2) is 9.07 Å². The van der Waals surface area contributed by atoms with Gasteiger partial charge >= 0.3 is 0 Å². The molecule has 106 valence electrons. The fraction of sp³-hybridized carbons (Fsp3) is 0.0625. The highest BCUT2D eigenvalue weighted by molar-refractivity contribution is 7.98. The molecule has 21 heavy (non-hydrogen) atoms. The Kier molecular flexibility index (Phi) is 3.92. The highest BCUT2D eigenvalue weighted by atomic mass is 32.2. The topological polar surface area (TPSA) is 43.8 Å². The largest absolute Gasteiger partial charge is 0.398 e. The normalized spacial score (nSPS) is 10.7. The van der Waals surface area contributed by atoms with Crippen molar-refractivity contribution in [1.82, 2.24) is 9.78 Å². The van der Waals surface area contributed by atoms with E-state index in [0.29, 0.717) is 11.4 Å². The van der Waals surface area contributed by atoms with Gasteiger partial charge in [0.25, 0.3) is 0 Å². The van der Waals surface area contributed by atoms with Crippen LogP contribution < -0.4 is 5.73 Å². The Hall–Kier alpha value is -2.27. The van der Waals surface area contributed by atoms with E-state index in [-0.39, 0.29) is 5.82 Å². The monoisotopic (exact) mass is 299 g/mol. The predicted molar refractivity (Wildman–Crippen MR) is 83.9 cm³/mol. The highest BCUT2D eigenvalue weighted by Crippen LogP contribution is 2.28. The van der Waals surface area contributed by atoms with E-state index in [1.807, 2.05) is 47.3 Å². The number of hydrogen-bond acceptors (Lipinski definition) is 3. The van der Waals surface area contributed by atoms with Crippen LogP contribution in [0.3, 0.4) is 0 Å². The average Bonchev–Trinajstić information content (AvgIpc) is 2.98. The third-order valence-electron chi connectivity index (χ3n) is 3.02. The second-order valence-corrected chi connectivity index (χ2v) is 5.58. The third-order valence-corrected chi connectivity index (χ3v) is 4.12. The molecule has 3 aromatic rings. The molecule has 5 heteroatoms. The zero-order valence-electron chi connectivity index (χ0n) is 11.2. The Bertz CT molecular complexity index is 740. The summed E-state index contributed by atoms with van der Waals surface area (Å²) >= 11 is 1.48. The molecule has 0 amide bonds. The SMILES string of the molecule is Nc1ccc(F)cc1SCc1ccn(-c2ccccc2)n1. The lowest BCUT2D eigenvalue weighted by atomic mass is 10.3. The predicted octanol–water partition coefficient (Wildman–Crippen LogP) is 3.89. The van der Waals surface area contributed by atoms with E-state index in [9.17, 15) is 4.39 Å². The summed E-state index contributed by atoms with van der Waals surface area (Å²) in [6.07, 6.45) is 1.92. The van der Waals surface area contributed by atoms with Gasteiger partial charge in [0, 0.05) is 22.5 Å². The number of para-hydroxylation sites is 1. The van der Waals surface area contributed by atoms with Crippen LogP contribution in [0.4, 0.5) is 10.1 Å². The van der Waals surface area contributed by atoms with Gasteiger partial charge in [0.15, 0.2) is 0 Å². The Morgan fingerprint density at radius 1 is 1.10 bits per heavy atom. The van der Waals surface area contributed by atoms with Crippen LogP contribution in [0.15, 0.2) is 65.7 Å². The maximum absolute atomic E-state index is 13.2. The molecule has 0 aliphatic carbocycles. The van der Waals surface area contributed by atoms with Crippen molar-refractivity contribution in [2.45, 2.75) is 10.6 Å². The smallest absolute Gasteiger partial charge is 0.124 e. The molecule has 0 radical (unpaired) electrons. The first kappa shape index (κ1) is 13.7. The van der Waals surface area contributed by atoms with E-state index in [2.05, 4.69) is 5.10 Å². The minimum Gasteiger partial charge on any atom is -0.398 e. The molecule has 0 saturated carbocycles. The molecule has 1 aromatic heterocycles. The van der Waals surface area contributed by atoms with Crippen LogP contribution in [-0.2, 0) is 5.75 Å². The van der Waals surface area contributed by atoms with Gasteiger partial charge in [0.05, 0.1) is 11.4 Å². The van der Waals surface area contributed by atoms with E-state index < -0.39 is 0 Å². The molecule has 0 aliphatic heterocycles. The average molecular weight is 299 g/mol. The van der Waals surface area contributed by atoms with Gasteiger partial charge in [0.1, 0.15) is 5.82 Å². The van der Waals surface area contributed by atoms with Crippen molar-refractivity contribution in [1.29, 1.82) is 0 Å². The summed E-state index contributed by atoms with van der Waals surface area (Å²) in [4.78, 5) is 0.740. The summed E-state index contributed by atoms with van der Waals surface area (Å²) in [7, 11) is 0. The molecular formula is C16H14FN3S. The fourth-order valence-electron chi connectivity index (χ4n) is 1.95. The van der Waals surface area contributed by atoms with Crippen LogP contribution in [0.5, 0.6) is 0 Å². The van der Waals surface area contributed by atoms with Gasteiger partial charge in [-0.2, -0.15) is 5.10 Å². The number of halogens is 1. The highest BCUT2D eigenvalue weighted by Gasteiger charge is 2.05. The lowest BCUT2D eigenvalue weighted by molar-refractivity contribution is 0.624. The van der Waals surface area contributed by atoms with Gasteiger partial charge in [-0.1, -0.05) is 18.2 Å². The van der Waals surface area contributed by atoms with Crippen molar-refractivity contribution >= 4 is 17.4 Å². The second-order valence-electron chi connectivity index (χ2n) is 4.56. The van der Waals surface area contributed by atoms with Gasteiger partial charge in [0.2, 0.25) is 0 Å². The van der Waals surface area contributed by atoms with Gasteiger partial charge in [-0.05, 0) is 36.4 Å². The molecule has 0 fully saturated rings. The van der Waals surface area contributed by atoms with Crippen LogP contribution in [0, 0.1) is 5.82 Å². The number of nitrogen functional groups attached to an aromatic ring is 1. The lowest BCUT2D eigenvalue weighted by Gasteiger charge is -2.04. The molecule has 0 spiro atoms. The lowest BCUT2D eigenvalue weighted by Crippen LogP contribution is -1.95. The summed E-state index contributed by atoms with van der Waals surface area (Å²) < 4.78 is 15.0. The number of nitrogens with zero attached hydrogens (tertiary/aromatic N) is 2. The van der Waals surface area contributed by atoms with E-state index in [4.69, 9.17) is 5.73 Å². The summed E-state index contributed by atoms with van der Waals surface area (Å²) in [6.45, 7) is 0. The maximum Gasteiger partial charge on any atom is 0.124 e. The molecule has 3 nitrogen and oxygen atoms in total. The van der Waals surface area contributed by atoms with Crippen molar-refractivity contribution in [2.24, 2.45) is 0 Å². The summed E-state index contributed by atoms with van der Waals surface area (Å²) in [5.41, 5.74) is 8.36. The van der Waals surface area contributed by atoms with Crippen LogP contribution in [0.1, 0.15) is 5.69 Å². The summed E-state index contributed by atoms with van der Waals surface area (Å²) in [6, 6.07) is 16.3. The number of thioether (sulfide) groups is 1. The molecule has 0 unspecified atom stereocenters. The molecule has 0 aliphatic rings. The van der Waals surface area contributed by atoms with E-state index in [0.717, 1.165) is 16.3 Å². The van der Waals surface area contributed by atoms with Gasteiger partial charge < -0.3 is 5.73 Å². The molecule has 2 aromatic carbocycles. The van der Waals surface area contributed by atoms with Crippen molar-refractivity contribution in [3.63, 3.8) is 0 Å². The minimum atomic E-state index is -0.276. The van der Waals surface area contributed by atoms with Crippen LogP contribution in [-0.4, -0.2) is 9.78 Å². The number of rotatable bonds is 4. The van der Waals surface area contributed by atoms with Crippen molar-refractivity contribution in [2.75, 3.05) is 5.73 Å². The first-order valence-electron chi connectivity index (χ1n) is 6.50. The maximum atomic E-state index is 13.2. The minimum absolute atomic E-state index is 0.276. The summed E-state index contributed by atoms with van der Waals surface area (Å²) in [5.74, 6) is 0.370. The molecule has 0 bridgehead atoms. The Morgan fingerprint density at radius 2 is 1.90 bits per heavy atom. The van der Waals surface area contributed by atoms with Crippen molar-refractivity contribution in [3.8, 4) is 5.69 Å². The Labute approximate surface area is 126 Å². The van der Waals surface area contributed by atoms with Gasteiger partial charge in [-0.3, -0.25) is 0 Å². The quantitative estimate of drug-likeness (QED) is 0.587. The van der Waals surface area contributed by atoms with Crippen molar-refractivity contribution < 1.29 is 4.39 Å². The molecule has 0 saturated heterocycles. The van der Waals surface area contributed by atoms with Crippen LogP contribution in [0.25, 0.3) is 5.69 Å². The molecule has 0 atom stereocenters. The standard InChI is InChI=1S/C16H14FN3S/c17-12-6-7-15(18)16(10-12)21-11-13-8-9-20(19-13)14-4-2-1-3-5-14/h1-10H,11,18H2. The van der Waals surface area contributed by atoms with Crippen molar-refractivity contribution in [3.05, 3.63) is 72.3 Å². The van der Waals surface area contributed by atoms with E-state index in [1.165, 1.54) is 23.9 Å². The Balaban J connectivity index is 1.72. The fourth-order valence-corrected chi connectivity index (χ4v) is 2.84. The number of aromatic nitrogens is 2. The Morgan fingerprint density at radius 3 is 2.71 bits per heavy atom. The van der Waals surface area contributed by atoms with Crippen LogP contribution in [0.2, 0.25) is 0 Å². The molecule has 1 heterocycles. The zero-order valence-corrected chi connectivity index (χ0v) is 12.1. The molecule has 2 N–H and O–H groups in total. The third kappa shape index (κ3) is 3.25.